The number of carbonyl (C=O) groups is 1. The molecule has 0 radical (unpaired) electrons. The van der Waals surface area contributed by atoms with Gasteiger partial charge in [0, 0.05) is 12.2 Å². The molecule has 2 rings (SSSR count). The van der Waals surface area contributed by atoms with E-state index in [1.807, 2.05) is 32.0 Å². The number of hydrogen-bond acceptors (Lipinski definition) is 2. The van der Waals surface area contributed by atoms with Crippen LogP contribution in [-0.2, 0) is 0 Å². The topological polar surface area (TPSA) is 50.4 Å². The monoisotopic (exact) mass is 366 g/mol. The van der Waals surface area contributed by atoms with Gasteiger partial charge in [0.15, 0.2) is 0 Å². The number of para-hydroxylation sites is 1. The molecule has 0 unspecified atom stereocenters. The van der Waals surface area contributed by atoms with Crippen LogP contribution in [0.4, 0.5) is 10.5 Å². The van der Waals surface area contributed by atoms with Gasteiger partial charge in [-0.05, 0) is 49.6 Å². The van der Waals surface area contributed by atoms with Crippen molar-refractivity contribution in [1.29, 1.82) is 0 Å². The van der Waals surface area contributed by atoms with Crippen molar-refractivity contribution in [2.45, 2.75) is 20.3 Å². The quantitative estimate of drug-likeness (QED) is 0.690. The summed E-state index contributed by atoms with van der Waals surface area (Å²) in [5, 5.41) is 6.33. The highest BCUT2D eigenvalue weighted by atomic mass is 35.5. The van der Waals surface area contributed by atoms with Gasteiger partial charge in [-0.25, -0.2) is 4.79 Å². The van der Waals surface area contributed by atoms with Crippen LogP contribution < -0.4 is 15.4 Å². The van der Waals surface area contributed by atoms with Crippen LogP contribution in [0, 0.1) is 13.8 Å². The van der Waals surface area contributed by atoms with Crippen molar-refractivity contribution in [2.24, 2.45) is 0 Å². The molecule has 0 bridgehead atoms. The average Bonchev–Trinajstić information content (AvgIpc) is 2.53. The zero-order chi connectivity index (χ0) is 17.5. The lowest BCUT2D eigenvalue weighted by Gasteiger charge is -2.12. The molecule has 0 saturated carbocycles. The summed E-state index contributed by atoms with van der Waals surface area (Å²) in [4.78, 5) is 11.8. The van der Waals surface area contributed by atoms with Gasteiger partial charge in [0.25, 0.3) is 0 Å². The number of benzene rings is 2. The van der Waals surface area contributed by atoms with Gasteiger partial charge in [0.05, 0.1) is 16.7 Å². The van der Waals surface area contributed by atoms with Crippen molar-refractivity contribution in [1.82, 2.24) is 5.32 Å². The molecular weight excluding hydrogens is 347 g/mol. The maximum absolute atomic E-state index is 11.8. The van der Waals surface area contributed by atoms with Gasteiger partial charge >= 0.3 is 6.03 Å². The minimum atomic E-state index is -0.291. The molecule has 0 spiro atoms. The minimum Gasteiger partial charge on any atom is -0.493 e. The van der Waals surface area contributed by atoms with Gasteiger partial charge in [-0.15, -0.1) is 0 Å². The van der Waals surface area contributed by atoms with Crippen LogP contribution in [0.3, 0.4) is 0 Å². The van der Waals surface area contributed by atoms with Crippen LogP contribution in [-0.4, -0.2) is 19.2 Å². The standard InChI is InChI=1S/C18H20Cl2N2O2/c1-12-5-3-6-13(2)17(12)24-10-4-9-21-18(23)22-14-7-8-15(19)16(20)11-14/h3,5-8,11H,4,9-10H2,1-2H3,(H2,21,22,23). The van der Waals surface area contributed by atoms with E-state index in [0.717, 1.165) is 16.9 Å². The Morgan fingerprint density at radius 1 is 1.08 bits per heavy atom. The molecule has 0 aliphatic heterocycles. The fraction of sp³-hybridized carbons (Fsp3) is 0.278. The van der Waals surface area contributed by atoms with Gasteiger partial charge < -0.3 is 15.4 Å². The molecule has 2 aromatic carbocycles. The highest BCUT2D eigenvalue weighted by Crippen LogP contribution is 2.25. The molecule has 128 valence electrons. The minimum absolute atomic E-state index is 0.291. The van der Waals surface area contributed by atoms with E-state index in [4.69, 9.17) is 27.9 Å². The Bertz CT molecular complexity index is 700. The first kappa shape index (κ1) is 18.4. The van der Waals surface area contributed by atoms with Crippen molar-refractivity contribution in [3.8, 4) is 5.75 Å². The van der Waals surface area contributed by atoms with Gasteiger partial charge in [0.2, 0.25) is 0 Å². The van der Waals surface area contributed by atoms with Crippen LogP contribution >= 0.6 is 23.2 Å². The number of aryl methyl sites for hydroxylation is 2. The second-order valence-corrected chi connectivity index (χ2v) is 6.25. The lowest BCUT2D eigenvalue weighted by atomic mass is 10.1. The van der Waals surface area contributed by atoms with Crippen molar-refractivity contribution >= 4 is 34.9 Å². The molecule has 24 heavy (non-hydrogen) atoms. The number of anilines is 1. The third-order valence-electron chi connectivity index (χ3n) is 3.44. The van der Waals surface area contributed by atoms with E-state index in [0.29, 0.717) is 35.3 Å². The highest BCUT2D eigenvalue weighted by molar-refractivity contribution is 6.42. The fourth-order valence-corrected chi connectivity index (χ4v) is 2.52. The maximum atomic E-state index is 11.8. The zero-order valence-electron chi connectivity index (χ0n) is 13.7. The Hall–Kier alpha value is -1.91. The third kappa shape index (κ3) is 5.32. The second-order valence-electron chi connectivity index (χ2n) is 5.43. The highest BCUT2D eigenvalue weighted by Gasteiger charge is 2.05. The Kier molecular flexibility index (Phi) is 6.76. The molecule has 0 aliphatic carbocycles. The molecular formula is C18H20Cl2N2O2. The maximum Gasteiger partial charge on any atom is 0.319 e. The molecule has 0 heterocycles. The molecule has 0 aromatic heterocycles. The first-order chi connectivity index (χ1) is 11.5. The van der Waals surface area contributed by atoms with E-state index in [1.54, 1.807) is 18.2 Å². The summed E-state index contributed by atoms with van der Waals surface area (Å²) < 4.78 is 5.79. The molecule has 0 atom stereocenters. The van der Waals surface area contributed by atoms with Crippen LogP contribution in [0.5, 0.6) is 5.75 Å². The normalized spacial score (nSPS) is 10.3. The Balaban J connectivity index is 1.70. The molecule has 2 amide bonds. The fourth-order valence-electron chi connectivity index (χ4n) is 2.22. The Morgan fingerprint density at radius 3 is 2.46 bits per heavy atom. The Labute approximate surface area is 152 Å². The average molecular weight is 367 g/mol. The van der Waals surface area contributed by atoms with Crippen LogP contribution in [0.1, 0.15) is 17.5 Å². The lowest BCUT2D eigenvalue weighted by molar-refractivity contribution is 0.250. The zero-order valence-corrected chi connectivity index (χ0v) is 15.2. The number of urea groups is 1. The molecule has 6 heteroatoms. The van der Waals surface area contributed by atoms with Crippen molar-refractivity contribution in [2.75, 3.05) is 18.5 Å². The molecule has 2 aromatic rings. The predicted molar refractivity (Wildman–Crippen MR) is 99.5 cm³/mol. The van der Waals surface area contributed by atoms with Crippen molar-refractivity contribution < 1.29 is 9.53 Å². The molecule has 4 nitrogen and oxygen atoms in total. The molecule has 0 aliphatic rings. The van der Waals surface area contributed by atoms with E-state index in [1.165, 1.54) is 0 Å². The number of rotatable bonds is 6. The van der Waals surface area contributed by atoms with Crippen LogP contribution in [0.2, 0.25) is 10.0 Å². The van der Waals surface area contributed by atoms with Crippen LogP contribution in [0.25, 0.3) is 0 Å². The van der Waals surface area contributed by atoms with Gasteiger partial charge in [0.1, 0.15) is 5.75 Å². The van der Waals surface area contributed by atoms with E-state index in [-0.39, 0.29) is 6.03 Å². The van der Waals surface area contributed by atoms with Crippen molar-refractivity contribution in [3.63, 3.8) is 0 Å². The summed E-state index contributed by atoms with van der Waals surface area (Å²) >= 11 is 11.7. The number of halogens is 2. The first-order valence-corrected chi connectivity index (χ1v) is 8.42. The van der Waals surface area contributed by atoms with Crippen LogP contribution in [0.15, 0.2) is 36.4 Å². The van der Waals surface area contributed by atoms with E-state index >= 15 is 0 Å². The molecule has 0 fully saturated rings. The predicted octanol–water partition coefficient (Wildman–Crippen LogP) is 5.20. The van der Waals surface area contributed by atoms with Gasteiger partial charge in [-0.1, -0.05) is 41.4 Å². The van der Waals surface area contributed by atoms with E-state index in [9.17, 15) is 4.79 Å². The smallest absolute Gasteiger partial charge is 0.319 e. The number of amides is 2. The van der Waals surface area contributed by atoms with E-state index < -0.39 is 0 Å². The SMILES string of the molecule is Cc1cccc(C)c1OCCCNC(=O)Nc1ccc(Cl)c(Cl)c1. The summed E-state index contributed by atoms with van der Waals surface area (Å²) in [6, 6.07) is 10.7. The Morgan fingerprint density at radius 2 is 1.79 bits per heavy atom. The number of carbonyl (C=O) groups excluding carboxylic acids is 1. The number of nitrogens with one attached hydrogen (secondary N) is 2. The summed E-state index contributed by atoms with van der Waals surface area (Å²) in [6.45, 7) is 5.09. The van der Waals surface area contributed by atoms with Gasteiger partial charge in [-0.2, -0.15) is 0 Å². The summed E-state index contributed by atoms with van der Waals surface area (Å²) in [5.41, 5.74) is 2.81. The van der Waals surface area contributed by atoms with Gasteiger partial charge in [-0.3, -0.25) is 0 Å². The van der Waals surface area contributed by atoms with Crippen molar-refractivity contribution in [3.05, 3.63) is 57.6 Å². The number of hydrogen-bond donors (Lipinski definition) is 2. The third-order valence-corrected chi connectivity index (χ3v) is 4.18. The largest absolute Gasteiger partial charge is 0.493 e. The second kappa shape index (κ2) is 8.81. The molecule has 0 saturated heterocycles. The summed E-state index contributed by atoms with van der Waals surface area (Å²) in [5.74, 6) is 0.915. The lowest BCUT2D eigenvalue weighted by Crippen LogP contribution is -2.30. The summed E-state index contributed by atoms with van der Waals surface area (Å²) in [7, 11) is 0. The summed E-state index contributed by atoms with van der Waals surface area (Å²) in [6.07, 6.45) is 0.711. The number of ether oxygens (including phenoxy) is 1. The first-order valence-electron chi connectivity index (χ1n) is 7.66. The molecule has 2 N–H and O–H groups in total. The van der Waals surface area contributed by atoms with E-state index in [2.05, 4.69) is 10.6 Å².